The molecule has 0 radical (unpaired) electrons. The minimum atomic E-state index is 0.200. The zero-order valence-electron chi connectivity index (χ0n) is 12.0. The molecule has 0 saturated carbocycles. The highest BCUT2D eigenvalue weighted by Gasteiger charge is 2.14. The minimum Gasteiger partial charge on any atom is -0.352 e. The third-order valence-electron chi connectivity index (χ3n) is 3.32. The summed E-state index contributed by atoms with van der Waals surface area (Å²) in [5, 5.41) is 3.83. The summed E-state index contributed by atoms with van der Waals surface area (Å²) < 4.78 is 0. The lowest BCUT2D eigenvalue weighted by molar-refractivity contribution is 0.714. The summed E-state index contributed by atoms with van der Waals surface area (Å²) in [7, 11) is 3.92. The number of halogens is 1. The van der Waals surface area contributed by atoms with E-state index in [2.05, 4.69) is 27.1 Å². The third kappa shape index (κ3) is 3.46. The molecular formula is C15H19ClN4. The minimum absolute atomic E-state index is 0.200. The summed E-state index contributed by atoms with van der Waals surface area (Å²) in [6.07, 6.45) is 3.56. The van der Waals surface area contributed by atoms with E-state index in [0.717, 1.165) is 16.5 Å². The van der Waals surface area contributed by atoms with Crippen molar-refractivity contribution >= 4 is 17.4 Å². The molecule has 4 nitrogen and oxygen atoms in total. The molecule has 0 spiro atoms. The van der Waals surface area contributed by atoms with Gasteiger partial charge in [-0.25, -0.2) is 4.98 Å². The van der Waals surface area contributed by atoms with Gasteiger partial charge in [0.25, 0.3) is 0 Å². The molecule has 1 unspecified atom stereocenters. The Labute approximate surface area is 124 Å². The van der Waals surface area contributed by atoms with Crippen LogP contribution in [0.1, 0.15) is 24.2 Å². The van der Waals surface area contributed by atoms with Crippen LogP contribution in [0.3, 0.4) is 0 Å². The lowest BCUT2D eigenvalue weighted by Gasteiger charge is -2.26. The third-order valence-corrected chi connectivity index (χ3v) is 3.58. The van der Waals surface area contributed by atoms with Gasteiger partial charge < -0.3 is 10.2 Å². The van der Waals surface area contributed by atoms with Gasteiger partial charge >= 0.3 is 0 Å². The number of aromatic nitrogens is 2. The first-order valence-electron chi connectivity index (χ1n) is 6.55. The molecule has 0 bridgehead atoms. The summed E-state index contributed by atoms with van der Waals surface area (Å²) in [5.41, 5.74) is 2.12. The zero-order valence-corrected chi connectivity index (χ0v) is 12.7. The van der Waals surface area contributed by atoms with Crippen LogP contribution in [0, 0.1) is 0 Å². The SMILES string of the molecule is CNCc1cncc(N(C)C(C)c2ccc(Cl)cc2)n1. The fourth-order valence-electron chi connectivity index (χ4n) is 1.99. The van der Waals surface area contributed by atoms with E-state index >= 15 is 0 Å². The van der Waals surface area contributed by atoms with Gasteiger partial charge in [0.2, 0.25) is 0 Å². The Morgan fingerprint density at radius 1 is 1.25 bits per heavy atom. The van der Waals surface area contributed by atoms with Crippen molar-refractivity contribution in [1.82, 2.24) is 15.3 Å². The van der Waals surface area contributed by atoms with E-state index in [1.165, 1.54) is 5.56 Å². The number of benzene rings is 1. The van der Waals surface area contributed by atoms with Gasteiger partial charge in [0, 0.05) is 24.8 Å². The maximum Gasteiger partial charge on any atom is 0.147 e. The summed E-state index contributed by atoms with van der Waals surface area (Å²) in [4.78, 5) is 11.0. The van der Waals surface area contributed by atoms with Gasteiger partial charge in [-0.2, -0.15) is 0 Å². The molecule has 0 saturated heterocycles. The molecule has 1 aromatic carbocycles. The van der Waals surface area contributed by atoms with E-state index < -0.39 is 0 Å². The quantitative estimate of drug-likeness (QED) is 0.919. The fraction of sp³-hybridized carbons (Fsp3) is 0.333. The molecule has 2 rings (SSSR count). The highest BCUT2D eigenvalue weighted by atomic mass is 35.5. The van der Waals surface area contributed by atoms with Crippen LogP contribution in [0.25, 0.3) is 0 Å². The van der Waals surface area contributed by atoms with Crippen LogP contribution in [0.4, 0.5) is 5.82 Å². The Balaban J connectivity index is 2.19. The van der Waals surface area contributed by atoms with Gasteiger partial charge in [0.15, 0.2) is 0 Å². The molecule has 1 heterocycles. The first-order valence-corrected chi connectivity index (χ1v) is 6.93. The molecule has 2 aromatic rings. The average molecular weight is 291 g/mol. The van der Waals surface area contributed by atoms with Crippen LogP contribution in [0.5, 0.6) is 0 Å². The number of hydrogen-bond donors (Lipinski definition) is 1. The van der Waals surface area contributed by atoms with Crippen molar-refractivity contribution < 1.29 is 0 Å². The summed E-state index contributed by atoms with van der Waals surface area (Å²) in [6.45, 7) is 2.85. The highest BCUT2D eigenvalue weighted by Crippen LogP contribution is 2.24. The number of rotatable bonds is 5. The van der Waals surface area contributed by atoms with E-state index in [0.29, 0.717) is 6.54 Å². The van der Waals surface area contributed by atoms with Gasteiger partial charge in [0.1, 0.15) is 5.82 Å². The summed E-state index contributed by atoms with van der Waals surface area (Å²) in [5.74, 6) is 0.861. The molecule has 20 heavy (non-hydrogen) atoms. The Morgan fingerprint density at radius 2 is 1.95 bits per heavy atom. The van der Waals surface area contributed by atoms with Crippen molar-refractivity contribution in [2.45, 2.75) is 19.5 Å². The van der Waals surface area contributed by atoms with E-state index in [1.54, 1.807) is 12.4 Å². The first kappa shape index (κ1) is 14.8. The molecule has 0 amide bonds. The van der Waals surface area contributed by atoms with Crippen molar-refractivity contribution in [3.8, 4) is 0 Å². The highest BCUT2D eigenvalue weighted by molar-refractivity contribution is 6.30. The monoisotopic (exact) mass is 290 g/mol. The Morgan fingerprint density at radius 3 is 2.60 bits per heavy atom. The Kier molecular flexibility index (Phi) is 4.93. The first-order chi connectivity index (χ1) is 9.61. The van der Waals surface area contributed by atoms with Crippen LogP contribution >= 0.6 is 11.6 Å². The zero-order chi connectivity index (χ0) is 14.5. The molecule has 106 valence electrons. The largest absolute Gasteiger partial charge is 0.352 e. The molecule has 1 aromatic heterocycles. The van der Waals surface area contributed by atoms with Gasteiger partial charge in [-0.15, -0.1) is 0 Å². The van der Waals surface area contributed by atoms with E-state index in [9.17, 15) is 0 Å². The van der Waals surface area contributed by atoms with Crippen LogP contribution < -0.4 is 10.2 Å². The normalized spacial score (nSPS) is 12.2. The van der Waals surface area contributed by atoms with Crippen LogP contribution in [0.15, 0.2) is 36.7 Å². The number of anilines is 1. The van der Waals surface area contributed by atoms with Crippen LogP contribution in [0.2, 0.25) is 5.02 Å². The maximum absolute atomic E-state index is 5.93. The predicted octanol–water partition coefficient (Wildman–Crippen LogP) is 3.05. The van der Waals surface area contributed by atoms with Crippen molar-refractivity contribution in [2.24, 2.45) is 0 Å². The topological polar surface area (TPSA) is 41.1 Å². The van der Waals surface area contributed by atoms with E-state index in [1.807, 2.05) is 38.4 Å². The number of hydrogen-bond acceptors (Lipinski definition) is 4. The molecule has 0 aliphatic rings. The summed E-state index contributed by atoms with van der Waals surface area (Å²) in [6, 6.07) is 8.09. The molecule has 5 heteroatoms. The van der Waals surface area contributed by atoms with Crippen LogP contribution in [-0.4, -0.2) is 24.1 Å². The van der Waals surface area contributed by atoms with Crippen molar-refractivity contribution in [3.05, 3.63) is 52.9 Å². The summed E-state index contributed by atoms with van der Waals surface area (Å²) >= 11 is 5.93. The lowest BCUT2D eigenvalue weighted by Crippen LogP contribution is -2.23. The van der Waals surface area contributed by atoms with E-state index in [4.69, 9.17) is 11.6 Å². The second-order valence-corrected chi connectivity index (χ2v) is 5.17. The van der Waals surface area contributed by atoms with Gasteiger partial charge in [0.05, 0.1) is 17.9 Å². The lowest BCUT2D eigenvalue weighted by atomic mass is 10.1. The predicted molar refractivity (Wildman–Crippen MR) is 83.1 cm³/mol. The fourth-order valence-corrected chi connectivity index (χ4v) is 2.12. The smallest absolute Gasteiger partial charge is 0.147 e. The molecule has 0 aliphatic carbocycles. The van der Waals surface area contributed by atoms with Crippen molar-refractivity contribution in [1.29, 1.82) is 0 Å². The molecular weight excluding hydrogens is 272 g/mol. The second-order valence-electron chi connectivity index (χ2n) is 4.74. The van der Waals surface area contributed by atoms with Crippen LogP contribution in [-0.2, 0) is 6.54 Å². The standard InChI is InChI=1S/C15H19ClN4/c1-11(12-4-6-13(16)7-5-12)20(3)15-10-18-9-14(19-15)8-17-2/h4-7,9-11,17H,8H2,1-3H3. The Hall–Kier alpha value is -1.65. The average Bonchev–Trinajstić information content (AvgIpc) is 2.47. The number of nitrogens with one attached hydrogen (secondary N) is 1. The van der Waals surface area contributed by atoms with Crippen molar-refractivity contribution in [2.75, 3.05) is 19.0 Å². The maximum atomic E-state index is 5.93. The molecule has 1 atom stereocenters. The number of nitrogens with zero attached hydrogens (tertiary/aromatic N) is 3. The molecule has 0 fully saturated rings. The van der Waals surface area contributed by atoms with Gasteiger partial charge in [-0.1, -0.05) is 23.7 Å². The van der Waals surface area contributed by atoms with Crippen molar-refractivity contribution in [3.63, 3.8) is 0 Å². The van der Waals surface area contributed by atoms with Gasteiger partial charge in [-0.3, -0.25) is 4.98 Å². The van der Waals surface area contributed by atoms with E-state index in [-0.39, 0.29) is 6.04 Å². The second kappa shape index (κ2) is 6.68. The Bertz CT molecular complexity index is 556. The molecule has 1 N–H and O–H groups in total. The van der Waals surface area contributed by atoms with Gasteiger partial charge in [-0.05, 0) is 31.7 Å². The molecule has 0 aliphatic heterocycles.